The van der Waals surface area contributed by atoms with Gasteiger partial charge in [0.05, 0.1) is 21.1 Å². The number of H-pyrrole nitrogens is 1. The maximum Gasteiger partial charge on any atom is 0.328 e. The molecule has 5 rings (SSSR count). The van der Waals surface area contributed by atoms with E-state index in [9.17, 15) is 14.4 Å². The second-order valence-corrected chi connectivity index (χ2v) is 8.82. The molecule has 0 saturated carbocycles. The molecule has 3 aromatic carbocycles. The van der Waals surface area contributed by atoms with Gasteiger partial charge in [0.15, 0.2) is 0 Å². The van der Waals surface area contributed by atoms with Crippen molar-refractivity contribution in [2.45, 2.75) is 19.9 Å². The number of benzene rings is 3. The molecule has 2 N–H and O–H groups in total. The maximum atomic E-state index is 12.5. The largest absolute Gasteiger partial charge is 0.328 e. The monoisotopic (exact) mass is 456 g/mol. The number of rotatable bonds is 5. The Labute approximate surface area is 192 Å². The van der Waals surface area contributed by atoms with Crippen molar-refractivity contribution in [1.82, 2.24) is 14.5 Å². The lowest BCUT2D eigenvalue weighted by Gasteiger charge is -2.10. The third-order valence-electron chi connectivity index (χ3n) is 5.43. The molecule has 0 radical (unpaired) electrons. The molecule has 0 atom stereocenters. The highest BCUT2D eigenvalue weighted by atomic mass is 32.1. The van der Waals surface area contributed by atoms with Crippen LogP contribution < -0.4 is 16.6 Å². The molecule has 33 heavy (non-hydrogen) atoms. The maximum absolute atomic E-state index is 12.5. The fraction of sp³-hybridized carbons (Fsp3) is 0.120. The molecule has 0 saturated heterocycles. The number of hydrogen-bond acceptors (Lipinski definition) is 5. The number of aryl methyl sites for hydroxylation is 2. The van der Waals surface area contributed by atoms with Gasteiger partial charge in [-0.2, -0.15) is 0 Å². The van der Waals surface area contributed by atoms with Crippen molar-refractivity contribution in [3.05, 3.63) is 93.1 Å². The summed E-state index contributed by atoms with van der Waals surface area (Å²) in [5.41, 5.74) is 3.38. The van der Waals surface area contributed by atoms with Gasteiger partial charge in [-0.3, -0.25) is 19.1 Å². The number of anilines is 1. The number of hydrogen-bond donors (Lipinski definition) is 2. The third-order valence-corrected chi connectivity index (χ3v) is 6.49. The van der Waals surface area contributed by atoms with Crippen LogP contribution >= 0.6 is 11.3 Å². The van der Waals surface area contributed by atoms with Gasteiger partial charge >= 0.3 is 5.69 Å². The van der Waals surface area contributed by atoms with Crippen LogP contribution in [0.1, 0.15) is 12.0 Å². The first-order valence-corrected chi connectivity index (χ1v) is 11.3. The van der Waals surface area contributed by atoms with Crippen molar-refractivity contribution in [3.63, 3.8) is 0 Å². The van der Waals surface area contributed by atoms with Crippen molar-refractivity contribution in [1.29, 1.82) is 0 Å². The van der Waals surface area contributed by atoms with Gasteiger partial charge in [0, 0.05) is 24.2 Å². The summed E-state index contributed by atoms with van der Waals surface area (Å²) in [5.74, 6) is -0.222. The lowest BCUT2D eigenvalue weighted by molar-refractivity contribution is -0.116. The van der Waals surface area contributed by atoms with Crippen LogP contribution in [-0.4, -0.2) is 20.4 Å². The van der Waals surface area contributed by atoms with Gasteiger partial charge in [0.25, 0.3) is 5.56 Å². The zero-order valence-corrected chi connectivity index (χ0v) is 18.6. The second-order valence-electron chi connectivity index (χ2n) is 7.79. The molecule has 7 nitrogen and oxygen atoms in total. The zero-order valence-electron chi connectivity index (χ0n) is 17.8. The SMILES string of the molecule is Cc1ccc2nc(-c3ccc(NC(=O)CCn4c(=O)[nH]c(=O)c5ccccc54)cc3)sc2c1. The van der Waals surface area contributed by atoms with E-state index in [1.54, 1.807) is 35.6 Å². The summed E-state index contributed by atoms with van der Waals surface area (Å²) >= 11 is 1.64. The lowest BCUT2D eigenvalue weighted by Crippen LogP contribution is -2.31. The topological polar surface area (TPSA) is 96.8 Å². The number of nitrogens with one attached hydrogen (secondary N) is 2. The Morgan fingerprint density at radius 3 is 2.67 bits per heavy atom. The van der Waals surface area contributed by atoms with Gasteiger partial charge in [0.2, 0.25) is 5.91 Å². The van der Waals surface area contributed by atoms with Crippen molar-refractivity contribution >= 4 is 44.1 Å². The minimum absolute atomic E-state index is 0.0922. The van der Waals surface area contributed by atoms with Gasteiger partial charge < -0.3 is 5.32 Å². The molecule has 0 bridgehead atoms. The van der Waals surface area contributed by atoms with Gasteiger partial charge in [-0.15, -0.1) is 11.3 Å². The molecule has 1 amide bonds. The standard InChI is InChI=1S/C25H20N4O3S/c1-15-6-11-19-21(14-15)33-24(27-19)16-7-9-17(10-8-16)26-22(30)12-13-29-20-5-3-2-4-18(20)23(31)28-25(29)32/h2-11,14H,12-13H2,1H3,(H,26,30)(H,28,31,32). The van der Waals surface area contributed by atoms with E-state index >= 15 is 0 Å². The third kappa shape index (κ3) is 4.20. The van der Waals surface area contributed by atoms with Crippen molar-refractivity contribution in [3.8, 4) is 10.6 Å². The van der Waals surface area contributed by atoms with E-state index in [1.807, 2.05) is 30.3 Å². The van der Waals surface area contributed by atoms with E-state index in [0.29, 0.717) is 16.6 Å². The number of thiazole rings is 1. The quantitative estimate of drug-likeness (QED) is 0.412. The van der Waals surface area contributed by atoms with Gasteiger partial charge in [0.1, 0.15) is 5.01 Å². The molecular formula is C25H20N4O3S. The molecule has 2 aromatic heterocycles. The Hall–Kier alpha value is -4.04. The highest BCUT2D eigenvalue weighted by Crippen LogP contribution is 2.31. The van der Waals surface area contributed by atoms with E-state index in [4.69, 9.17) is 4.98 Å². The van der Waals surface area contributed by atoms with Crippen LogP contribution in [0.5, 0.6) is 0 Å². The Bertz CT molecular complexity index is 1610. The molecule has 5 aromatic rings. The summed E-state index contributed by atoms with van der Waals surface area (Å²) in [4.78, 5) is 43.7. The molecule has 8 heteroatoms. The molecular weight excluding hydrogens is 436 g/mol. The summed E-state index contributed by atoms with van der Waals surface area (Å²) in [6.07, 6.45) is 0.0922. The number of aromatic nitrogens is 3. The predicted octanol–water partition coefficient (Wildman–Crippen LogP) is 4.30. The Morgan fingerprint density at radius 1 is 1.06 bits per heavy atom. The first-order chi connectivity index (χ1) is 16.0. The van der Waals surface area contributed by atoms with Crippen LogP contribution in [0.3, 0.4) is 0 Å². The number of amides is 1. The fourth-order valence-electron chi connectivity index (χ4n) is 3.75. The summed E-state index contributed by atoms with van der Waals surface area (Å²) in [7, 11) is 0. The summed E-state index contributed by atoms with van der Waals surface area (Å²) in [6.45, 7) is 2.22. The van der Waals surface area contributed by atoms with E-state index in [-0.39, 0.29) is 18.9 Å². The zero-order chi connectivity index (χ0) is 22.9. The molecule has 164 valence electrons. The average molecular weight is 457 g/mol. The van der Waals surface area contributed by atoms with Gasteiger partial charge in [-0.1, -0.05) is 18.2 Å². The van der Waals surface area contributed by atoms with Crippen LogP contribution in [0.25, 0.3) is 31.7 Å². The van der Waals surface area contributed by atoms with Crippen molar-refractivity contribution < 1.29 is 4.79 Å². The smallest absolute Gasteiger partial charge is 0.326 e. The predicted molar refractivity (Wildman–Crippen MR) is 132 cm³/mol. The van der Waals surface area contributed by atoms with E-state index in [0.717, 1.165) is 20.8 Å². The molecule has 0 aliphatic rings. The van der Waals surface area contributed by atoms with E-state index < -0.39 is 11.2 Å². The average Bonchev–Trinajstić information content (AvgIpc) is 3.22. The summed E-state index contributed by atoms with van der Waals surface area (Å²) in [5, 5.41) is 4.20. The highest BCUT2D eigenvalue weighted by molar-refractivity contribution is 7.21. The van der Waals surface area contributed by atoms with Crippen LogP contribution in [0.4, 0.5) is 5.69 Å². The second kappa shape index (κ2) is 8.48. The molecule has 0 spiro atoms. The minimum Gasteiger partial charge on any atom is -0.326 e. The van der Waals surface area contributed by atoms with E-state index in [1.165, 1.54) is 10.1 Å². The van der Waals surface area contributed by atoms with Crippen LogP contribution in [0.15, 0.2) is 76.3 Å². The van der Waals surface area contributed by atoms with Crippen molar-refractivity contribution in [2.75, 3.05) is 5.32 Å². The Morgan fingerprint density at radius 2 is 1.85 bits per heavy atom. The van der Waals surface area contributed by atoms with Crippen LogP contribution in [-0.2, 0) is 11.3 Å². The lowest BCUT2D eigenvalue weighted by atomic mass is 10.2. The Balaban J connectivity index is 1.28. The molecule has 0 aliphatic carbocycles. The number of carbonyl (C=O) groups is 1. The highest BCUT2D eigenvalue weighted by Gasteiger charge is 2.10. The van der Waals surface area contributed by atoms with Crippen molar-refractivity contribution in [2.24, 2.45) is 0 Å². The fourth-order valence-corrected chi connectivity index (χ4v) is 4.82. The van der Waals surface area contributed by atoms with E-state index in [2.05, 4.69) is 29.4 Å². The molecule has 2 heterocycles. The molecule has 0 aliphatic heterocycles. The number of para-hydroxylation sites is 1. The number of carbonyl (C=O) groups excluding carboxylic acids is 1. The van der Waals surface area contributed by atoms with Crippen LogP contribution in [0.2, 0.25) is 0 Å². The molecule has 0 unspecified atom stereocenters. The minimum atomic E-state index is -0.526. The number of fused-ring (bicyclic) bond motifs is 2. The number of aromatic amines is 1. The summed E-state index contributed by atoms with van der Waals surface area (Å²) < 4.78 is 2.56. The number of nitrogens with zero attached hydrogens (tertiary/aromatic N) is 2. The van der Waals surface area contributed by atoms with Gasteiger partial charge in [-0.05, 0) is 61.0 Å². The Kier molecular flexibility index (Phi) is 5.35. The first-order valence-electron chi connectivity index (χ1n) is 10.5. The molecule has 0 fully saturated rings. The first kappa shape index (κ1) is 20.8. The normalized spacial score (nSPS) is 11.2. The summed E-state index contributed by atoms with van der Waals surface area (Å²) in [6, 6.07) is 20.6. The van der Waals surface area contributed by atoms with Crippen LogP contribution in [0, 0.1) is 6.92 Å². The van der Waals surface area contributed by atoms with Gasteiger partial charge in [-0.25, -0.2) is 9.78 Å².